The summed E-state index contributed by atoms with van der Waals surface area (Å²) in [5.41, 5.74) is -1.03. The lowest BCUT2D eigenvalue weighted by Crippen LogP contribution is -2.47. The third kappa shape index (κ3) is 3.69. The van der Waals surface area contributed by atoms with Crippen molar-refractivity contribution in [2.45, 2.75) is 39.2 Å². The predicted octanol–water partition coefficient (Wildman–Crippen LogP) is 3.22. The van der Waals surface area contributed by atoms with Crippen molar-refractivity contribution in [3.8, 4) is 0 Å². The van der Waals surface area contributed by atoms with E-state index in [-0.39, 0.29) is 11.3 Å². The van der Waals surface area contributed by atoms with Crippen LogP contribution >= 0.6 is 0 Å². The summed E-state index contributed by atoms with van der Waals surface area (Å²) in [7, 11) is 0. The predicted molar refractivity (Wildman–Crippen MR) is 74.5 cm³/mol. The normalized spacial score (nSPS) is 11.0. The second-order valence-electron chi connectivity index (χ2n) is 4.81. The number of rotatable bonds is 5. The average molecular weight is 282 g/mol. The smallest absolute Gasteiger partial charge is 0.337 e. The lowest BCUT2D eigenvalue weighted by molar-refractivity contribution is 0.0697. The molecule has 2 amide bonds. The summed E-state index contributed by atoms with van der Waals surface area (Å²) >= 11 is 0. The number of benzene rings is 1. The molecule has 6 heteroatoms. The van der Waals surface area contributed by atoms with Gasteiger partial charge in [0.2, 0.25) is 0 Å². The molecule has 0 aliphatic heterocycles. The van der Waals surface area contributed by atoms with Crippen molar-refractivity contribution in [3.63, 3.8) is 0 Å². The fourth-order valence-electron chi connectivity index (χ4n) is 1.68. The fourth-order valence-corrected chi connectivity index (χ4v) is 1.68. The Labute approximate surface area is 117 Å². The number of amides is 2. The molecule has 1 aromatic carbocycles. The highest BCUT2D eigenvalue weighted by Crippen LogP contribution is 2.20. The Hall–Kier alpha value is -2.11. The minimum Gasteiger partial charge on any atom is -0.478 e. The summed E-state index contributed by atoms with van der Waals surface area (Å²) in [6, 6.07) is 2.99. The van der Waals surface area contributed by atoms with E-state index < -0.39 is 23.4 Å². The molecule has 0 aromatic heterocycles. The molecule has 1 rings (SSSR count). The first-order valence-corrected chi connectivity index (χ1v) is 6.44. The Morgan fingerprint density at radius 3 is 2.40 bits per heavy atom. The van der Waals surface area contributed by atoms with Crippen molar-refractivity contribution < 1.29 is 19.1 Å². The number of carboxylic acid groups (broad SMARTS) is 1. The topological polar surface area (TPSA) is 78.4 Å². The van der Waals surface area contributed by atoms with Crippen LogP contribution in [0.5, 0.6) is 0 Å². The van der Waals surface area contributed by atoms with Crippen molar-refractivity contribution in [2.24, 2.45) is 0 Å². The SMILES string of the molecule is CCC(C)(CC)NC(=O)Nc1c(F)cccc1C(=O)O. The Balaban J connectivity index is 2.94. The number of halogens is 1. The van der Waals surface area contributed by atoms with Gasteiger partial charge >= 0.3 is 12.0 Å². The number of carboxylic acids is 1. The molecule has 5 nitrogen and oxygen atoms in total. The van der Waals surface area contributed by atoms with E-state index in [1.165, 1.54) is 12.1 Å². The molecule has 0 saturated heterocycles. The Morgan fingerprint density at radius 2 is 1.90 bits per heavy atom. The number of nitrogens with one attached hydrogen (secondary N) is 2. The van der Waals surface area contributed by atoms with Crippen LogP contribution in [0.2, 0.25) is 0 Å². The van der Waals surface area contributed by atoms with Crippen LogP contribution in [-0.2, 0) is 0 Å². The molecule has 0 aliphatic rings. The van der Waals surface area contributed by atoms with Crippen LogP contribution in [0.1, 0.15) is 44.0 Å². The molecule has 0 heterocycles. The van der Waals surface area contributed by atoms with E-state index in [9.17, 15) is 14.0 Å². The number of carbonyl (C=O) groups is 2. The van der Waals surface area contributed by atoms with Crippen molar-refractivity contribution in [1.29, 1.82) is 0 Å². The molecular weight excluding hydrogens is 263 g/mol. The highest BCUT2D eigenvalue weighted by Gasteiger charge is 2.23. The highest BCUT2D eigenvalue weighted by atomic mass is 19.1. The molecule has 0 radical (unpaired) electrons. The van der Waals surface area contributed by atoms with Crippen LogP contribution < -0.4 is 10.6 Å². The Bertz CT molecular complexity index is 513. The highest BCUT2D eigenvalue weighted by molar-refractivity contribution is 6.00. The van der Waals surface area contributed by atoms with Crippen LogP contribution in [0.3, 0.4) is 0 Å². The lowest BCUT2D eigenvalue weighted by atomic mass is 9.96. The summed E-state index contributed by atoms with van der Waals surface area (Å²) in [6.07, 6.45) is 1.42. The Kier molecular flexibility index (Phi) is 5.07. The third-order valence-corrected chi connectivity index (χ3v) is 3.46. The van der Waals surface area contributed by atoms with E-state index in [1.54, 1.807) is 0 Å². The Morgan fingerprint density at radius 1 is 1.30 bits per heavy atom. The maximum atomic E-state index is 13.7. The summed E-state index contributed by atoms with van der Waals surface area (Å²) in [5, 5.41) is 14.0. The first kappa shape index (κ1) is 15.9. The van der Waals surface area contributed by atoms with Gasteiger partial charge in [0.1, 0.15) is 5.82 Å². The molecule has 110 valence electrons. The van der Waals surface area contributed by atoms with Crippen molar-refractivity contribution in [2.75, 3.05) is 5.32 Å². The zero-order valence-electron chi connectivity index (χ0n) is 11.8. The molecule has 0 atom stereocenters. The molecule has 0 unspecified atom stereocenters. The first-order valence-electron chi connectivity index (χ1n) is 6.44. The quantitative estimate of drug-likeness (QED) is 0.775. The van der Waals surface area contributed by atoms with Gasteiger partial charge in [0.25, 0.3) is 0 Å². The second-order valence-corrected chi connectivity index (χ2v) is 4.81. The maximum Gasteiger partial charge on any atom is 0.337 e. The van der Waals surface area contributed by atoms with Gasteiger partial charge in [0.05, 0.1) is 11.3 Å². The van der Waals surface area contributed by atoms with Gasteiger partial charge in [-0.05, 0) is 31.9 Å². The molecule has 0 spiro atoms. The average Bonchev–Trinajstić information content (AvgIpc) is 2.40. The van der Waals surface area contributed by atoms with Crippen molar-refractivity contribution >= 4 is 17.7 Å². The zero-order valence-corrected chi connectivity index (χ0v) is 11.8. The molecule has 3 N–H and O–H groups in total. The van der Waals surface area contributed by atoms with E-state index in [0.29, 0.717) is 12.8 Å². The van der Waals surface area contributed by atoms with Crippen LogP contribution in [0, 0.1) is 5.82 Å². The largest absolute Gasteiger partial charge is 0.478 e. The third-order valence-electron chi connectivity index (χ3n) is 3.46. The number of para-hydroxylation sites is 1. The standard InChI is InChI=1S/C14H19FN2O3/c1-4-14(3,5-2)17-13(20)16-11-9(12(18)19)7-6-8-10(11)15/h6-8H,4-5H2,1-3H3,(H,18,19)(H2,16,17,20). The molecule has 0 aliphatic carbocycles. The van der Waals surface area contributed by atoms with Crippen molar-refractivity contribution in [3.05, 3.63) is 29.6 Å². The van der Waals surface area contributed by atoms with E-state index in [1.807, 2.05) is 20.8 Å². The molecule has 1 aromatic rings. The number of anilines is 1. The van der Waals surface area contributed by atoms with Gasteiger partial charge in [-0.3, -0.25) is 0 Å². The number of hydrogen-bond donors (Lipinski definition) is 3. The molecular formula is C14H19FN2O3. The van der Waals surface area contributed by atoms with Gasteiger partial charge in [-0.1, -0.05) is 19.9 Å². The van der Waals surface area contributed by atoms with Crippen LogP contribution in [0.15, 0.2) is 18.2 Å². The zero-order chi connectivity index (χ0) is 15.3. The molecule has 0 bridgehead atoms. The molecule has 0 fully saturated rings. The monoisotopic (exact) mass is 282 g/mol. The minimum atomic E-state index is -1.30. The minimum absolute atomic E-state index is 0.283. The number of aromatic carboxylic acids is 1. The number of urea groups is 1. The van der Waals surface area contributed by atoms with Gasteiger partial charge in [0, 0.05) is 5.54 Å². The van der Waals surface area contributed by atoms with Gasteiger partial charge < -0.3 is 15.7 Å². The lowest BCUT2D eigenvalue weighted by Gasteiger charge is -2.28. The van der Waals surface area contributed by atoms with Gasteiger partial charge in [-0.15, -0.1) is 0 Å². The van der Waals surface area contributed by atoms with E-state index in [2.05, 4.69) is 10.6 Å². The van der Waals surface area contributed by atoms with E-state index >= 15 is 0 Å². The fraction of sp³-hybridized carbons (Fsp3) is 0.429. The van der Waals surface area contributed by atoms with E-state index in [4.69, 9.17) is 5.11 Å². The van der Waals surface area contributed by atoms with Gasteiger partial charge in [-0.2, -0.15) is 0 Å². The summed E-state index contributed by atoms with van der Waals surface area (Å²) in [4.78, 5) is 22.9. The maximum absolute atomic E-state index is 13.7. The first-order chi connectivity index (χ1) is 9.33. The van der Waals surface area contributed by atoms with Crippen LogP contribution in [0.4, 0.5) is 14.9 Å². The van der Waals surface area contributed by atoms with Gasteiger partial charge in [0.15, 0.2) is 0 Å². The van der Waals surface area contributed by atoms with E-state index in [0.717, 1.165) is 6.07 Å². The van der Waals surface area contributed by atoms with Crippen molar-refractivity contribution in [1.82, 2.24) is 5.32 Å². The summed E-state index contributed by atoms with van der Waals surface area (Å²) in [6.45, 7) is 5.72. The second kappa shape index (κ2) is 6.36. The summed E-state index contributed by atoms with van der Waals surface area (Å²) in [5.74, 6) is -2.08. The molecule has 20 heavy (non-hydrogen) atoms. The van der Waals surface area contributed by atoms with Crippen LogP contribution in [0.25, 0.3) is 0 Å². The summed E-state index contributed by atoms with van der Waals surface area (Å²) < 4.78 is 13.7. The number of hydrogen-bond acceptors (Lipinski definition) is 2. The van der Waals surface area contributed by atoms with Crippen LogP contribution in [-0.4, -0.2) is 22.6 Å². The van der Waals surface area contributed by atoms with Gasteiger partial charge in [-0.25, -0.2) is 14.0 Å². The molecule has 0 saturated carbocycles. The number of carbonyl (C=O) groups excluding carboxylic acids is 1.